The monoisotopic (exact) mass is 218 g/mol. The molecule has 1 heterocycles. The predicted molar refractivity (Wildman–Crippen MR) is 65.4 cm³/mol. The van der Waals surface area contributed by atoms with Gasteiger partial charge in [-0.2, -0.15) is 5.10 Å². The van der Waals surface area contributed by atoms with Crippen LogP contribution in [0.4, 0.5) is 0 Å². The highest BCUT2D eigenvalue weighted by Crippen LogP contribution is 2.39. The van der Waals surface area contributed by atoms with Crippen molar-refractivity contribution in [2.45, 2.75) is 38.4 Å². The van der Waals surface area contributed by atoms with Crippen LogP contribution in [0.25, 0.3) is 0 Å². The van der Waals surface area contributed by atoms with Gasteiger partial charge in [-0.05, 0) is 18.9 Å². The van der Waals surface area contributed by atoms with E-state index < -0.39 is 8.07 Å². The number of hydrogen-bond donors (Lipinski definition) is 0. The lowest BCUT2D eigenvalue weighted by Crippen LogP contribution is -2.16. The molecule has 0 N–H and O–H groups in total. The molecule has 1 aromatic heterocycles. The summed E-state index contributed by atoms with van der Waals surface area (Å²) in [6.07, 6.45) is 2.61. The molecular weight excluding hydrogens is 200 g/mol. The molecule has 0 saturated heterocycles. The van der Waals surface area contributed by atoms with Gasteiger partial charge >= 0.3 is 0 Å². The lowest BCUT2D eigenvalue weighted by atomic mass is 10.3. The Bertz CT molecular complexity index is 425. The second-order valence-electron chi connectivity index (χ2n) is 5.35. The molecular formula is C12H18N2Si. The van der Waals surface area contributed by atoms with E-state index >= 15 is 0 Å². The van der Waals surface area contributed by atoms with E-state index in [2.05, 4.69) is 42.3 Å². The van der Waals surface area contributed by atoms with Gasteiger partial charge in [0.1, 0.15) is 13.8 Å². The first kappa shape index (κ1) is 10.5. The van der Waals surface area contributed by atoms with Crippen molar-refractivity contribution in [2.75, 3.05) is 0 Å². The molecule has 0 amide bonds. The normalized spacial score (nSPS) is 16.0. The minimum absolute atomic E-state index is 0.721. The summed E-state index contributed by atoms with van der Waals surface area (Å²) in [5, 5.41) is 4.50. The largest absolute Gasteiger partial charge is 0.260 e. The molecule has 1 aromatic rings. The summed E-state index contributed by atoms with van der Waals surface area (Å²) in [6, 6.07) is 2.16. The molecule has 2 rings (SSSR count). The van der Waals surface area contributed by atoms with E-state index in [-0.39, 0.29) is 0 Å². The molecule has 1 aliphatic rings. The Morgan fingerprint density at radius 1 is 1.40 bits per heavy atom. The smallest absolute Gasteiger partial charge is 0.129 e. The number of nitrogens with zero attached hydrogens (tertiary/aromatic N) is 2. The molecule has 15 heavy (non-hydrogen) atoms. The van der Waals surface area contributed by atoms with Crippen molar-refractivity contribution in [3.63, 3.8) is 0 Å². The fourth-order valence-corrected chi connectivity index (χ4v) is 1.94. The maximum absolute atomic E-state index is 4.50. The van der Waals surface area contributed by atoms with Gasteiger partial charge in [-0.3, -0.25) is 4.68 Å². The van der Waals surface area contributed by atoms with Gasteiger partial charge in [0.2, 0.25) is 0 Å². The molecule has 0 aromatic carbocycles. The Hall–Kier alpha value is -1.01. The minimum Gasteiger partial charge on any atom is -0.260 e. The van der Waals surface area contributed by atoms with Crippen LogP contribution in [-0.2, 0) is 7.05 Å². The van der Waals surface area contributed by atoms with Crippen molar-refractivity contribution in [3.8, 4) is 11.5 Å². The van der Waals surface area contributed by atoms with E-state index in [0.29, 0.717) is 0 Å². The Labute approximate surface area is 92.7 Å². The molecule has 0 bridgehead atoms. The van der Waals surface area contributed by atoms with Crippen LogP contribution < -0.4 is 0 Å². The summed E-state index contributed by atoms with van der Waals surface area (Å²) >= 11 is 0. The van der Waals surface area contributed by atoms with Crippen molar-refractivity contribution in [1.82, 2.24) is 9.78 Å². The van der Waals surface area contributed by atoms with Crippen molar-refractivity contribution >= 4 is 8.07 Å². The van der Waals surface area contributed by atoms with Gasteiger partial charge in [0.05, 0.1) is 5.69 Å². The lowest BCUT2D eigenvalue weighted by molar-refractivity contribution is 0.735. The third-order valence-corrected chi connectivity index (χ3v) is 3.33. The van der Waals surface area contributed by atoms with Crippen molar-refractivity contribution in [1.29, 1.82) is 0 Å². The van der Waals surface area contributed by atoms with Crippen LogP contribution in [0.3, 0.4) is 0 Å². The number of rotatable bonds is 1. The number of aryl methyl sites for hydroxylation is 1. The highest BCUT2D eigenvalue weighted by Gasteiger charge is 2.26. The van der Waals surface area contributed by atoms with Crippen LogP contribution in [0.2, 0.25) is 19.6 Å². The first-order valence-electron chi connectivity index (χ1n) is 5.53. The SMILES string of the molecule is Cn1nc(C2CC2)cc1C#C[Si](C)(C)C. The third-order valence-electron chi connectivity index (χ3n) is 2.46. The molecule has 0 atom stereocenters. The van der Waals surface area contributed by atoms with Crippen molar-refractivity contribution in [3.05, 3.63) is 17.5 Å². The van der Waals surface area contributed by atoms with Crippen molar-refractivity contribution < 1.29 is 0 Å². The molecule has 1 saturated carbocycles. The van der Waals surface area contributed by atoms with Gasteiger partial charge in [-0.1, -0.05) is 25.6 Å². The number of hydrogen-bond acceptors (Lipinski definition) is 1. The van der Waals surface area contributed by atoms with E-state index in [4.69, 9.17) is 0 Å². The van der Waals surface area contributed by atoms with E-state index in [0.717, 1.165) is 11.6 Å². The number of aromatic nitrogens is 2. The van der Waals surface area contributed by atoms with Crippen LogP contribution in [0.1, 0.15) is 30.1 Å². The van der Waals surface area contributed by atoms with Gasteiger partial charge in [0, 0.05) is 13.0 Å². The van der Waals surface area contributed by atoms with Crippen LogP contribution >= 0.6 is 0 Å². The summed E-state index contributed by atoms with van der Waals surface area (Å²) in [5.41, 5.74) is 5.68. The van der Waals surface area contributed by atoms with E-state index in [1.54, 1.807) is 0 Å². The van der Waals surface area contributed by atoms with Gasteiger partial charge in [-0.25, -0.2) is 0 Å². The predicted octanol–water partition coefficient (Wildman–Crippen LogP) is 2.53. The van der Waals surface area contributed by atoms with Crippen LogP contribution in [0.15, 0.2) is 6.07 Å². The van der Waals surface area contributed by atoms with Crippen molar-refractivity contribution in [2.24, 2.45) is 7.05 Å². The molecule has 1 aliphatic carbocycles. The summed E-state index contributed by atoms with van der Waals surface area (Å²) in [6.45, 7) is 6.79. The Balaban J connectivity index is 2.23. The minimum atomic E-state index is -1.27. The maximum atomic E-state index is 4.50. The fraction of sp³-hybridized carbons (Fsp3) is 0.583. The average molecular weight is 218 g/mol. The van der Waals surface area contributed by atoms with Gasteiger partial charge < -0.3 is 0 Å². The summed E-state index contributed by atoms with van der Waals surface area (Å²) < 4.78 is 1.92. The van der Waals surface area contributed by atoms with Crippen LogP contribution in [0, 0.1) is 11.5 Å². The first-order chi connectivity index (χ1) is 6.96. The Kier molecular flexibility index (Phi) is 2.47. The highest BCUT2D eigenvalue weighted by atomic mass is 28.3. The lowest BCUT2D eigenvalue weighted by Gasteiger charge is -2.03. The van der Waals surface area contributed by atoms with Gasteiger partial charge in [-0.15, -0.1) is 5.54 Å². The molecule has 2 nitrogen and oxygen atoms in total. The van der Waals surface area contributed by atoms with Gasteiger partial charge in [0.15, 0.2) is 0 Å². The molecule has 1 fully saturated rings. The zero-order chi connectivity index (χ0) is 11.1. The molecule has 0 unspecified atom stereocenters. The molecule has 0 spiro atoms. The average Bonchev–Trinajstić information content (AvgIpc) is 2.87. The van der Waals surface area contributed by atoms with E-state index in [1.807, 2.05) is 11.7 Å². The molecule has 80 valence electrons. The van der Waals surface area contributed by atoms with Crippen LogP contribution in [-0.4, -0.2) is 17.9 Å². The second kappa shape index (κ2) is 3.53. The standard InChI is InChI=1S/C12H18N2Si/c1-14-11(7-8-15(2,3)4)9-12(13-14)10-5-6-10/h9-10H,5-6H2,1-4H3. The topological polar surface area (TPSA) is 17.8 Å². The zero-order valence-electron chi connectivity index (χ0n) is 9.96. The first-order valence-corrected chi connectivity index (χ1v) is 9.03. The maximum Gasteiger partial charge on any atom is 0.129 e. The molecule has 3 heteroatoms. The fourth-order valence-electron chi connectivity index (χ4n) is 1.44. The van der Waals surface area contributed by atoms with E-state index in [9.17, 15) is 0 Å². The summed E-state index contributed by atoms with van der Waals surface area (Å²) in [4.78, 5) is 0. The zero-order valence-corrected chi connectivity index (χ0v) is 11.0. The van der Waals surface area contributed by atoms with Gasteiger partial charge in [0.25, 0.3) is 0 Å². The van der Waals surface area contributed by atoms with Crippen LogP contribution in [0.5, 0.6) is 0 Å². The highest BCUT2D eigenvalue weighted by molar-refractivity contribution is 6.83. The summed E-state index contributed by atoms with van der Waals surface area (Å²) in [5.74, 6) is 3.99. The quantitative estimate of drug-likeness (QED) is 0.523. The third kappa shape index (κ3) is 2.72. The summed E-state index contributed by atoms with van der Waals surface area (Å²) in [7, 11) is 0.719. The second-order valence-corrected chi connectivity index (χ2v) is 10.1. The Morgan fingerprint density at radius 2 is 2.07 bits per heavy atom. The van der Waals surface area contributed by atoms with E-state index in [1.165, 1.54) is 18.5 Å². The molecule has 0 radical (unpaired) electrons. The Morgan fingerprint density at radius 3 is 2.60 bits per heavy atom. The molecule has 0 aliphatic heterocycles.